The van der Waals surface area contributed by atoms with Crippen molar-refractivity contribution < 1.29 is 14.6 Å². The summed E-state index contributed by atoms with van der Waals surface area (Å²) in [5.74, 6) is -0.233. The standard InChI is InChI=1S/C26H32ClNO3S/c1-25(2,3)32-23-20-13-18(16-29)9-12-21(20)28(15-17-7-10-19(27)11-8-17)22(23)14-26(4,5)24(30)31-6/h7-13,29H,14-16H2,1-6H3. The highest BCUT2D eigenvalue weighted by molar-refractivity contribution is 8.00. The number of fused-ring (bicyclic) bond motifs is 1. The first-order valence-electron chi connectivity index (χ1n) is 10.7. The maximum atomic E-state index is 12.6. The quantitative estimate of drug-likeness (QED) is 0.315. The molecular weight excluding hydrogens is 442 g/mol. The number of carbonyl (C=O) groups is 1. The van der Waals surface area contributed by atoms with E-state index in [0.717, 1.165) is 32.6 Å². The van der Waals surface area contributed by atoms with Crippen LogP contribution in [0.5, 0.6) is 0 Å². The second-order valence-electron chi connectivity index (χ2n) is 9.76. The molecule has 0 aliphatic heterocycles. The van der Waals surface area contributed by atoms with Crippen molar-refractivity contribution in [2.24, 2.45) is 5.41 Å². The van der Waals surface area contributed by atoms with E-state index in [-0.39, 0.29) is 17.3 Å². The Kier molecular flexibility index (Phi) is 7.33. The lowest BCUT2D eigenvalue weighted by molar-refractivity contribution is -0.150. The van der Waals surface area contributed by atoms with Crippen LogP contribution in [0.15, 0.2) is 47.4 Å². The van der Waals surface area contributed by atoms with Crippen molar-refractivity contribution in [2.45, 2.75) is 63.8 Å². The number of hydrogen-bond acceptors (Lipinski definition) is 4. The molecule has 0 amide bonds. The van der Waals surface area contributed by atoms with Gasteiger partial charge in [0, 0.05) is 44.2 Å². The molecule has 1 heterocycles. The van der Waals surface area contributed by atoms with Crippen LogP contribution in [-0.4, -0.2) is 27.5 Å². The van der Waals surface area contributed by atoms with Gasteiger partial charge < -0.3 is 14.4 Å². The van der Waals surface area contributed by atoms with Gasteiger partial charge in [-0.1, -0.05) is 50.6 Å². The van der Waals surface area contributed by atoms with Crippen molar-refractivity contribution in [3.8, 4) is 0 Å². The van der Waals surface area contributed by atoms with Gasteiger partial charge in [0.1, 0.15) is 0 Å². The molecule has 4 nitrogen and oxygen atoms in total. The molecule has 172 valence electrons. The molecule has 0 aliphatic rings. The minimum atomic E-state index is -0.687. The lowest BCUT2D eigenvalue weighted by Crippen LogP contribution is -2.29. The van der Waals surface area contributed by atoms with Crippen molar-refractivity contribution >= 4 is 40.2 Å². The molecule has 0 radical (unpaired) electrons. The summed E-state index contributed by atoms with van der Waals surface area (Å²) in [5, 5.41) is 11.6. The predicted molar refractivity (Wildman–Crippen MR) is 134 cm³/mol. The normalized spacial score (nSPS) is 12.4. The van der Waals surface area contributed by atoms with Gasteiger partial charge >= 0.3 is 5.97 Å². The minimum Gasteiger partial charge on any atom is -0.469 e. The summed E-state index contributed by atoms with van der Waals surface area (Å²) < 4.78 is 7.37. The zero-order valence-electron chi connectivity index (χ0n) is 19.7. The van der Waals surface area contributed by atoms with Crippen molar-refractivity contribution in [1.82, 2.24) is 4.57 Å². The third kappa shape index (κ3) is 5.51. The fraction of sp³-hybridized carbons (Fsp3) is 0.423. The van der Waals surface area contributed by atoms with Gasteiger partial charge in [-0.2, -0.15) is 0 Å². The number of nitrogens with zero attached hydrogens (tertiary/aromatic N) is 1. The van der Waals surface area contributed by atoms with Gasteiger partial charge in [0.2, 0.25) is 0 Å². The van der Waals surface area contributed by atoms with Gasteiger partial charge in [-0.25, -0.2) is 0 Å². The summed E-state index contributed by atoms with van der Waals surface area (Å²) in [5.41, 5.74) is 3.49. The molecule has 3 rings (SSSR count). The SMILES string of the molecule is COC(=O)C(C)(C)Cc1c(SC(C)(C)C)c2cc(CO)ccc2n1Cc1ccc(Cl)cc1. The van der Waals surface area contributed by atoms with E-state index in [4.69, 9.17) is 16.3 Å². The largest absolute Gasteiger partial charge is 0.469 e. The lowest BCUT2D eigenvalue weighted by Gasteiger charge is -2.25. The van der Waals surface area contributed by atoms with Crippen LogP contribution in [0.4, 0.5) is 0 Å². The number of benzene rings is 2. The highest BCUT2D eigenvalue weighted by Crippen LogP contribution is 2.43. The topological polar surface area (TPSA) is 51.5 Å². The summed E-state index contributed by atoms with van der Waals surface area (Å²) >= 11 is 7.90. The molecule has 0 bridgehead atoms. The molecule has 1 N–H and O–H groups in total. The third-order valence-electron chi connectivity index (χ3n) is 5.38. The maximum absolute atomic E-state index is 12.6. The first-order chi connectivity index (χ1) is 14.9. The molecule has 0 spiro atoms. The summed E-state index contributed by atoms with van der Waals surface area (Å²) in [6.45, 7) is 11.0. The Balaban J connectivity index is 2.27. The number of ether oxygens (including phenoxy) is 1. The lowest BCUT2D eigenvalue weighted by atomic mass is 9.87. The van der Waals surface area contributed by atoms with Crippen LogP contribution in [0, 0.1) is 5.41 Å². The molecule has 0 fully saturated rings. The second kappa shape index (κ2) is 9.50. The van der Waals surface area contributed by atoms with E-state index in [1.807, 2.05) is 44.2 Å². The van der Waals surface area contributed by atoms with Gasteiger partial charge in [0.25, 0.3) is 0 Å². The van der Waals surface area contributed by atoms with E-state index in [9.17, 15) is 9.90 Å². The van der Waals surface area contributed by atoms with Gasteiger partial charge in [0.15, 0.2) is 0 Å². The second-order valence-corrected chi connectivity index (χ2v) is 12.0. The first-order valence-corrected chi connectivity index (χ1v) is 11.9. The molecule has 0 atom stereocenters. The van der Waals surface area contributed by atoms with E-state index in [1.54, 1.807) is 11.8 Å². The number of rotatable bonds is 7. The first kappa shape index (κ1) is 24.7. The Morgan fingerprint density at radius 1 is 1.06 bits per heavy atom. The molecule has 32 heavy (non-hydrogen) atoms. The Bertz CT molecular complexity index is 1110. The summed E-state index contributed by atoms with van der Waals surface area (Å²) in [6, 6.07) is 13.9. The predicted octanol–water partition coefficient (Wildman–Crippen LogP) is 6.47. The van der Waals surface area contributed by atoms with Crippen molar-refractivity contribution in [1.29, 1.82) is 0 Å². The van der Waals surface area contributed by atoms with Gasteiger partial charge in [-0.15, -0.1) is 11.8 Å². The Hall–Kier alpha value is -1.95. The number of aliphatic hydroxyl groups excluding tert-OH is 1. The smallest absolute Gasteiger partial charge is 0.311 e. The van der Waals surface area contributed by atoms with E-state index >= 15 is 0 Å². The molecule has 1 aromatic heterocycles. The fourth-order valence-corrected chi connectivity index (χ4v) is 5.15. The van der Waals surface area contributed by atoms with Gasteiger partial charge in [0.05, 0.1) is 19.1 Å². The number of halogens is 1. The van der Waals surface area contributed by atoms with E-state index in [1.165, 1.54) is 7.11 Å². The minimum absolute atomic E-state index is 0.0130. The molecular formula is C26H32ClNO3S. The zero-order chi connectivity index (χ0) is 23.7. The van der Waals surface area contributed by atoms with E-state index < -0.39 is 5.41 Å². The number of aliphatic hydroxyl groups is 1. The Labute approximate surface area is 199 Å². The van der Waals surface area contributed by atoms with Crippen LogP contribution in [0.2, 0.25) is 5.02 Å². The van der Waals surface area contributed by atoms with Crippen molar-refractivity contribution in [3.05, 3.63) is 64.3 Å². The summed E-state index contributed by atoms with van der Waals surface area (Å²) in [7, 11) is 1.44. The van der Waals surface area contributed by atoms with Crippen LogP contribution in [0.3, 0.4) is 0 Å². The monoisotopic (exact) mass is 473 g/mol. The molecule has 0 aliphatic carbocycles. The number of carbonyl (C=O) groups excluding carboxylic acids is 1. The van der Waals surface area contributed by atoms with Crippen LogP contribution in [-0.2, 0) is 29.1 Å². The number of methoxy groups -OCH3 is 1. The third-order valence-corrected chi connectivity index (χ3v) is 6.90. The zero-order valence-corrected chi connectivity index (χ0v) is 21.2. The Morgan fingerprint density at radius 3 is 2.25 bits per heavy atom. The van der Waals surface area contributed by atoms with Crippen LogP contribution in [0.1, 0.15) is 51.4 Å². The highest BCUT2D eigenvalue weighted by atomic mass is 35.5. The number of aromatic nitrogens is 1. The number of esters is 1. The Morgan fingerprint density at radius 2 is 1.69 bits per heavy atom. The summed E-state index contributed by atoms with van der Waals surface area (Å²) in [4.78, 5) is 13.7. The average molecular weight is 474 g/mol. The van der Waals surface area contributed by atoms with Crippen molar-refractivity contribution in [2.75, 3.05) is 7.11 Å². The van der Waals surface area contributed by atoms with E-state index in [0.29, 0.717) is 18.0 Å². The average Bonchev–Trinajstić information content (AvgIpc) is 2.99. The number of hydrogen-bond donors (Lipinski definition) is 1. The fourth-order valence-electron chi connectivity index (χ4n) is 3.84. The maximum Gasteiger partial charge on any atom is 0.311 e. The summed E-state index contributed by atoms with van der Waals surface area (Å²) in [6.07, 6.45) is 0.537. The number of thioether (sulfide) groups is 1. The van der Waals surface area contributed by atoms with Crippen LogP contribution in [0.25, 0.3) is 10.9 Å². The van der Waals surface area contributed by atoms with Gasteiger partial charge in [-0.05, 0) is 49.2 Å². The molecule has 0 unspecified atom stereocenters. The molecule has 0 saturated carbocycles. The van der Waals surface area contributed by atoms with Gasteiger partial charge in [-0.3, -0.25) is 4.79 Å². The molecule has 6 heteroatoms. The highest BCUT2D eigenvalue weighted by Gasteiger charge is 2.33. The molecule has 0 saturated heterocycles. The van der Waals surface area contributed by atoms with Crippen LogP contribution >= 0.6 is 23.4 Å². The van der Waals surface area contributed by atoms with E-state index in [2.05, 4.69) is 37.5 Å². The van der Waals surface area contributed by atoms with Crippen molar-refractivity contribution in [3.63, 3.8) is 0 Å². The van der Waals surface area contributed by atoms with Crippen LogP contribution < -0.4 is 0 Å². The molecule has 2 aromatic carbocycles. The molecule has 3 aromatic rings.